The van der Waals surface area contributed by atoms with Crippen LogP contribution >= 0.6 is 0 Å². The average molecular weight is 519 g/mol. The van der Waals surface area contributed by atoms with Crippen LogP contribution in [0.15, 0.2) is 12.4 Å². The summed E-state index contributed by atoms with van der Waals surface area (Å²) in [4.78, 5) is 5.27. The van der Waals surface area contributed by atoms with E-state index in [1.807, 2.05) is 0 Å². The van der Waals surface area contributed by atoms with Crippen LogP contribution in [0.2, 0.25) is 0 Å². The predicted octanol–water partition coefficient (Wildman–Crippen LogP) is 12.0. The molecule has 0 bridgehead atoms. The number of nitrogens with zero attached hydrogens (tertiary/aromatic N) is 2. The highest BCUT2D eigenvalue weighted by molar-refractivity contribution is 4.98. The molecule has 0 N–H and O–H groups in total. The van der Waals surface area contributed by atoms with E-state index in [-0.39, 0.29) is 0 Å². The minimum absolute atomic E-state index is 0.607. The fraction of sp³-hybridized carbons (Fsp3) is 0.943. The Labute approximate surface area is 235 Å². The van der Waals surface area contributed by atoms with E-state index in [0.717, 1.165) is 0 Å². The molecule has 0 aromatic heterocycles. The van der Waals surface area contributed by atoms with E-state index < -0.39 is 0 Å². The van der Waals surface area contributed by atoms with Crippen LogP contribution in [0.1, 0.15) is 195 Å². The molecular weight excluding hydrogens is 448 g/mol. The van der Waals surface area contributed by atoms with Gasteiger partial charge < -0.3 is 9.80 Å². The molecule has 1 unspecified atom stereocenters. The van der Waals surface area contributed by atoms with Gasteiger partial charge in [0.2, 0.25) is 0 Å². The molecule has 0 radical (unpaired) electrons. The zero-order valence-electron chi connectivity index (χ0n) is 26.3. The first-order chi connectivity index (χ1) is 18.2. The van der Waals surface area contributed by atoms with E-state index in [1.54, 1.807) is 0 Å². The molecule has 0 aromatic rings. The molecule has 0 amide bonds. The maximum Gasteiger partial charge on any atom is 0.101 e. The number of hydrogen-bond acceptors (Lipinski definition) is 2. The molecule has 0 fully saturated rings. The lowest BCUT2D eigenvalue weighted by molar-refractivity contribution is 0.114. The van der Waals surface area contributed by atoms with Crippen molar-refractivity contribution in [3.05, 3.63) is 12.4 Å². The Kier molecular flexibility index (Phi) is 23.8. The molecule has 37 heavy (non-hydrogen) atoms. The van der Waals surface area contributed by atoms with E-state index in [2.05, 4.69) is 49.9 Å². The first-order valence-electron chi connectivity index (χ1n) is 17.4. The minimum Gasteiger partial charge on any atom is -0.356 e. The molecule has 1 rings (SSSR count). The second kappa shape index (κ2) is 25.6. The highest BCUT2D eigenvalue weighted by Crippen LogP contribution is 2.25. The first kappa shape index (κ1) is 34.4. The van der Waals surface area contributed by atoms with Crippen molar-refractivity contribution in [3.8, 4) is 0 Å². The Bertz CT molecular complexity index is 486. The molecule has 0 saturated heterocycles. The zero-order chi connectivity index (χ0) is 26.8. The Morgan fingerprint density at radius 2 is 0.811 bits per heavy atom. The van der Waals surface area contributed by atoms with Crippen molar-refractivity contribution in [1.29, 1.82) is 0 Å². The van der Waals surface area contributed by atoms with Crippen LogP contribution in [0, 0.1) is 0 Å². The van der Waals surface area contributed by atoms with Gasteiger partial charge in [-0.2, -0.15) is 0 Å². The van der Waals surface area contributed by atoms with Crippen molar-refractivity contribution in [2.45, 2.75) is 207 Å². The monoisotopic (exact) mass is 519 g/mol. The summed E-state index contributed by atoms with van der Waals surface area (Å²) in [6.45, 7) is 10.6. The van der Waals surface area contributed by atoms with Crippen molar-refractivity contribution >= 4 is 0 Å². The summed E-state index contributed by atoms with van der Waals surface area (Å²) in [7, 11) is 0. The van der Waals surface area contributed by atoms with Crippen LogP contribution in [0.25, 0.3) is 0 Å². The quantitative estimate of drug-likeness (QED) is 0.0950. The SMILES string of the molecule is CCCCCCCCCCCCCCCCCCN1C=CN(C(C)C)C1CCCCCCCCCCC. The third-order valence-electron chi connectivity index (χ3n) is 8.59. The topological polar surface area (TPSA) is 6.48 Å². The summed E-state index contributed by atoms with van der Waals surface area (Å²) >= 11 is 0. The van der Waals surface area contributed by atoms with Gasteiger partial charge in [0.1, 0.15) is 6.17 Å². The van der Waals surface area contributed by atoms with Crippen LogP contribution < -0.4 is 0 Å². The fourth-order valence-electron chi connectivity index (χ4n) is 6.07. The molecule has 0 saturated carbocycles. The molecule has 0 aliphatic carbocycles. The zero-order valence-corrected chi connectivity index (χ0v) is 26.3. The third-order valence-corrected chi connectivity index (χ3v) is 8.59. The molecule has 1 atom stereocenters. The van der Waals surface area contributed by atoms with Gasteiger partial charge in [-0.15, -0.1) is 0 Å². The normalized spacial score (nSPS) is 15.5. The smallest absolute Gasteiger partial charge is 0.101 e. The van der Waals surface area contributed by atoms with Crippen LogP contribution in [0.5, 0.6) is 0 Å². The lowest BCUT2D eigenvalue weighted by atomic mass is 10.0. The Morgan fingerprint density at radius 3 is 1.19 bits per heavy atom. The molecule has 1 heterocycles. The van der Waals surface area contributed by atoms with Crippen molar-refractivity contribution in [2.24, 2.45) is 0 Å². The Balaban J connectivity index is 1.99. The fourth-order valence-corrected chi connectivity index (χ4v) is 6.07. The maximum absolute atomic E-state index is 2.66. The molecule has 0 aromatic carbocycles. The lowest BCUT2D eigenvalue weighted by Gasteiger charge is -2.35. The summed E-state index contributed by atoms with van der Waals surface area (Å²) in [5, 5.41) is 0. The Hall–Kier alpha value is -0.660. The van der Waals surface area contributed by atoms with Crippen LogP contribution in [0.3, 0.4) is 0 Å². The third kappa shape index (κ3) is 19.1. The van der Waals surface area contributed by atoms with Gasteiger partial charge in [0.25, 0.3) is 0 Å². The number of rotatable bonds is 28. The molecule has 220 valence electrons. The van der Waals surface area contributed by atoms with Crippen molar-refractivity contribution in [2.75, 3.05) is 6.54 Å². The summed E-state index contributed by atoms with van der Waals surface area (Å²) in [6, 6.07) is 0.607. The van der Waals surface area contributed by atoms with E-state index in [0.29, 0.717) is 12.2 Å². The summed E-state index contributed by atoms with van der Waals surface area (Å²) in [5.74, 6) is 0. The predicted molar refractivity (Wildman–Crippen MR) is 168 cm³/mol. The second-order valence-electron chi connectivity index (χ2n) is 12.5. The standard InChI is InChI=1S/C35H70N2/c1-5-7-9-11-13-15-16-17-18-19-20-21-23-25-27-29-31-36-32-33-37(34(3)4)35(36)30-28-26-24-22-14-12-10-8-6-2/h32-35H,5-31H2,1-4H3. The van der Waals surface area contributed by atoms with E-state index in [4.69, 9.17) is 0 Å². The van der Waals surface area contributed by atoms with Gasteiger partial charge >= 0.3 is 0 Å². The second-order valence-corrected chi connectivity index (χ2v) is 12.5. The van der Waals surface area contributed by atoms with Gasteiger partial charge in [0.15, 0.2) is 0 Å². The van der Waals surface area contributed by atoms with Crippen LogP contribution in [0.4, 0.5) is 0 Å². The van der Waals surface area contributed by atoms with Crippen LogP contribution in [-0.2, 0) is 0 Å². The molecular formula is C35H70N2. The largest absolute Gasteiger partial charge is 0.356 e. The molecule has 1 aliphatic heterocycles. The van der Waals surface area contributed by atoms with Gasteiger partial charge in [-0.3, -0.25) is 0 Å². The minimum atomic E-state index is 0.607. The maximum atomic E-state index is 2.66. The van der Waals surface area contributed by atoms with Gasteiger partial charge in [-0.25, -0.2) is 0 Å². The molecule has 1 aliphatic rings. The molecule has 0 spiro atoms. The molecule has 2 heteroatoms. The van der Waals surface area contributed by atoms with Crippen molar-refractivity contribution < 1.29 is 0 Å². The Morgan fingerprint density at radius 1 is 0.459 bits per heavy atom. The van der Waals surface area contributed by atoms with Crippen LogP contribution in [-0.4, -0.2) is 28.6 Å². The highest BCUT2D eigenvalue weighted by atomic mass is 15.4. The van der Waals surface area contributed by atoms with E-state index >= 15 is 0 Å². The van der Waals surface area contributed by atoms with Crippen molar-refractivity contribution in [1.82, 2.24) is 9.80 Å². The van der Waals surface area contributed by atoms with Gasteiger partial charge in [0.05, 0.1) is 0 Å². The number of unbranched alkanes of at least 4 members (excludes halogenated alkanes) is 23. The lowest BCUT2D eigenvalue weighted by Crippen LogP contribution is -2.42. The van der Waals surface area contributed by atoms with Crippen molar-refractivity contribution in [3.63, 3.8) is 0 Å². The molecule has 2 nitrogen and oxygen atoms in total. The van der Waals surface area contributed by atoms with E-state index in [1.165, 1.54) is 173 Å². The summed E-state index contributed by atoms with van der Waals surface area (Å²) < 4.78 is 0. The van der Waals surface area contributed by atoms with Gasteiger partial charge in [-0.05, 0) is 33.1 Å². The average Bonchev–Trinajstić information content (AvgIpc) is 3.30. The highest BCUT2D eigenvalue weighted by Gasteiger charge is 2.26. The first-order valence-corrected chi connectivity index (χ1v) is 17.4. The van der Waals surface area contributed by atoms with E-state index in [9.17, 15) is 0 Å². The summed E-state index contributed by atoms with van der Waals surface area (Å²) in [5.41, 5.74) is 0. The number of hydrogen-bond donors (Lipinski definition) is 0. The van der Waals surface area contributed by atoms with Gasteiger partial charge in [-0.1, -0.05) is 162 Å². The summed E-state index contributed by atoms with van der Waals surface area (Å²) in [6.07, 6.45) is 42.7. The van der Waals surface area contributed by atoms with Gasteiger partial charge in [0, 0.05) is 25.0 Å².